The molecule has 1 N–H and O–H groups in total. The molecule has 0 aliphatic carbocycles. The quantitative estimate of drug-likeness (QED) is 0.124. The van der Waals surface area contributed by atoms with Gasteiger partial charge >= 0.3 is 6.18 Å². The van der Waals surface area contributed by atoms with Crippen molar-refractivity contribution in [2.45, 2.75) is 26.2 Å². The molecule has 44 heavy (non-hydrogen) atoms. The Kier molecular flexibility index (Phi) is 8.46. The maximum absolute atomic E-state index is 14.5. The number of aromatic amines is 1. The zero-order chi connectivity index (χ0) is 30.8. The topological polar surface area (TPSA) is 94.6 Å². The number of H-pyrrole nitrogens is 1. The standard InChI is InChI=1S/C30H25F4N7OS2/c1-2-41-16-23(22-13-19(5-8-24(22)41)28-36-21(17-43-28)15-40-9-11-42-12-10-40)27(30(32,33)34)38-39-29-37-26(25(14-35)44-29)18-3-6-20(31)7-4-18/h3-8,13,16-17H,2,9-12,15H2,1H3,(H,37,39). The van der Waals surface area contributed by atoms with Crippen LogP contribution in [0.1, 0.15) is 23.1 Å². The molecule has 0 radical (unpaired) electrons. The predicted octanol–water partition coefficient (Wildman–Crippen LogP) is 6.55. The summed E-state index contributed by atoms with van der Waals surface area (Å²) in [4.78, 5) is 10.1. The van der Waals surface area contributed by atoms with E-state index in [-0.39, 0.29) is 15.2 Å². The normalized spacial score (nSPS) is 15.3. The van der Waals surface area contributed by atoms with Gasteiger partial charge in [0.15, 0.2) is 5.71 Å². The number of nitrogens with one attached hydrogen (secondary N) is 1. The predicted molar refractivity (Wildman–Crippen MR) is 162 cm³/mol. The second-order valence-electron chi connectivity index (χ2n) is 9.99. The summed E-state index contributed by atoms with van der Waals surface area (Å²) in [7, 11) is 0. The fourth-order valence-corrected chi connectivity index (χ4v) is 6.57. The highest BCUT2D eigenvalue weighted by Crippen LogP contribution is 2.34. The van der Waals surface area contributed by atoms with Crippen molar-refractivity contribution in [1.29, 1.82) is 5.26 Å². The van der Waals surface area contributed by atoms with Crippen LogP contribution in [0.3, 0.4) is 0 Å². The Hall–Kier alpha value is -4.16. The van der Waals surface area contributed by atoms with Gasteiger partial charge in [-0.2, -0.15) is 18.4 Å². The van der Waals surface area contributed by atoms with E-state index in [0.717, 1.165) is 30.1 Å². The number of fused-ring (bicyclic) bond motifs is 1. The van der Waals surface area contributed by atoms with Gasteiger partial charge < -0.3 is 14.3 Å². The van der Waals surface area contributed by atoms with Crippen molar-refractivity contribution in [3.05, 3.63) is 80.8 Å². The first-order valence-corrected chi connectivity index (χ1v) is 15.4. The second-order valence-corrected chi connectivity index (χ2v) is 11.9. The maximum atomic E-state index is 14.5. The number of nitrogens with zero attached hydrogens (tertiary/aromatic N) is 6. The third-order valence-electron chi connectivity index (χ3n) is 7.17. The summed E-state index contributed by atoms with van der Waals surface area (Å²) in [6, 6.07) is 12.8. The summed E-state index contributed by atoms with van der Waals surface area (Å²) in [6.07, 6.45) is -3.39. The molecule has 1 aliphatic rings. The Morgan fingerprint density at radius 2 is 1.89 bits per heavy atom. The molecule has 8 nitrogen and oxygen atoms in total. The van der Waals surface area contributed by atoms with Crippen LogP contribution in [0.2, 0.25) is 0 Å². The Balaban J connectivity index is 1.40. The first-order chi connectivity index (χ1) is 21.2. The van der Waals surface area contributed by atoms with Gasteiger partial charge in [-0.05, 0) is 49.4 Å². The summed E-state index contributed by atoms with van der Waals surface area (Å²) >= 11 is 2.31. The molecular weight excluding hydrogens is 615 g/mol. The second kappa shape index (κ2) is 12.4. The monoisotopic (exact) mass is 639 g/mol. The highest BCUT2D eigenvalue weighted by atomic mass is 32.1. The van der Waals surface area contributed by atoms with Gasteiger partial charge in [-0.25, -0.2) is 9.37 Å². The van der Waals surface area contributed by atoms with Crippen molar-refractivity contribution in [2.24, 2.45) is 10.2 Å². The van der Waals surface area contributed by atoms with E-state index in [1.165, 1.54) is 41.8 Å². The van der Waals surface area contributed by atoms with Crippen LogP contribution in [0.25, 0.3) is 32.7 Å². The van der Waals surface area contributed by atoms with Crippen LogP contribution in [0.5, 0.6) is 0 Å². The van der Waals surface area contributed by atoms with Crippen LogP contribution in [-0.4, -0.2) is 57.6 Å². The van der Waals surface area contributed by atoms with Crippen LogP contribution in [0, 0.1) is 17.1 Å². The third kappa shape index (κ3) is 6.22. The molecule has 6 rings (SSSR count). The number of thiazole rings is 2. The average Bonchev–Trinajstić information content (AvgIpc) is 3.75. The molecule has 226 valence electrons. The summed E-state index contributed by atoms with van der Waals surface area (Å²) in [5, 5.41) is 20.2. The summed E-state index contributed by atoms with van der Waals surface area (Å²) in [6.45, 7) is 6.00. The lowest BCUT2D eigenvalue weighted by Crippen LogP contribution is -2.35. The average molecular weight is 640 g/mol. The summed E-state index contributed by atoms with van der Waals surface area (Å²) in [5.74, 6) is -0.454. The molecule has 0 bridgehead atoms. The number of morpholine rings is 1. The van der Waals surface area contributed by atoms with E-state index in [1.54, 1.807) is 16.7 Å². The van der Waals surface area contributed by atoms with E-state index >= 15 is 0 Å². The Labute approximate surface area is 257 Å². The molecular formula is C30H25F4N7OS2. The fourth-order valence-electron chi connectivity index (χ4n) is 5.02. The van der Waals surface area contributed by atoms with Crippen LogP contribution in [0.4, 0.5) is 17.6 Å². The molecule has 2 aromatic carbocycles. The third-order valence-corrected chi connectivity index (χ3v) is 8.98. The number of benzene rings is 2. The van der Waals surface area contributed by atoms with Gasteiger partial charge in [0.05, 0.1) is 24.6 Å². The zero-order valence-corrected chi connectivity index (χ0v) is 25.0. The number of hydrogen-bond donors (Lipinski definition) is 1. The van der Waals surface area contributed by atoms with E-state index in [2.05, 4.69) is 20.1 Å². The van der Waals surface area contributed by atoms with Gasteiger partial charge in [0.25, 0.3) is 0 Å². The molecule has 0 atom stereocenters. The van der Waals surface area contributed by atoms with E-state index in [1.807, 2.05) is 24.4 Å². The number of rotatable bonds is 7. The van der Waals surface area contributed by atoms with Crippen molar-refractivity contribution < 1.29 is 22.3 Å². The van der Waals surface area contributed by atoms with Crippen molar-refractivity contribution in [2.75, 3.05) is 26.3 Å². The molecule has 0 unspecified atom stereocenters. The molecule has 3 aromatic heterocycles. The molecule has 5 aromatic rings. The zero-order valence-electron chi connectivity index (χ0n) is 23.4. The van der Waals surface area contributed by atoms with Crippen molar-refractivity contribution in [1.82, 2.24) is 19.4 Å². The van der Waals surface area contributed by atoms with Gasteiger partial charge in [0.1, 0.15) is 21.8 Å². The number of hydrogen-bond acceptors (Lipinski definition) is 8. The lowest BCUT2D eigenvalue weighted by atomic mass is 10.1. The Bertz CT molecular complexity index is 1940. The number of nitriles is 1. The smallest absolute Gasteiger partial charge is 0.379 e. The van der Waals surface area contributed by atoms with Crippen LogP contribution >= 0.6 is 22.7 Å². The fraction of sp³-hybridized carbons (Fsp3) is 0.267. The van der Waals surface area contributed by atoms with E-state index in [9.17, 15) is 22.8 Å². The first kappa shape index (κ1) is 29.9. The van der Waals surface area contributed by atoms with Crippen LogP contribution in [-0.2, 0) is 17.8 Å². The minimum absolute atomic E-state index is 0.00173. The molecule has 0 saturated carbocycles. The number of aromatic nitrogens is 3. The van der Waals surface area contributed by atoms with Gasteiger partial charge in [-0.3, -0.25) is 4.90 Å². The van der Waals surface area contributed by atoms with Crippen LogP contribution < -0.4 is 4.80 Å². The van der Waals surface area contributed by atoms with Crippen molar-refractivity contribution >= 4 is 39.3 Å². The van der Waals surface area contributed by atoms with Crippen molar-refractivity contribution in [3.8, 4) is 27.9 Å². The molecule has 0 amide bonds. The Morgan fingerprint density at radius 3 is 2.59 bits per heavy atom. The van der Waals surface area contributed by atoms with E-state index in [0.29, 0.717) is 59.0 Å². The lowest BCUT2D eigenvalue weighted by Gasteiger charge is -2.25. The number of aryl methyl sites for hydroxylation is 1. The molecule has 1 aliphatic heterocycles. The van der Waals surface area contributed by atoms with Gasteiger partial charge in [0.2, 0.25) is 4.80 Å². The molecule has 14 heteroatoms. The molecule has 0 spiro atoms. The van der Waals surface area contributed by atoms with Crippen molar-refractivity contribution in [3.63, 3.8) is 0 Å². The molecule has 1 saturated heterocycles. The van der Waals surface area contributed by atoms with Gasteiger partial charge in [0, 0.05) is 65.3 Å². The van der Waals surface area contributed by atoms with E-state index < -0.39 is 17.7 Å². The molecule has 1 fully saturated rings. The minimum Gasteiger partial charge on any atom is -0.379 e. The molecule has 4 heterocycles. The number of alkyl halides is 3. The minimum atomic E-state index is -4.83. The summed E-state index contributed by atoms with van der Waals surface area (Å²) in [5.41, 5.74) is 1.78. The van der Waals surface area contributed by atoms with Gasteiger partial charge in [-0.15, -0.1) is 21.5 Å². The summed E-state index contributed by atoms with van der Waals surface area (Å²) < 4.78 is 64.1. The number of ether oxygens (including phenoxy) is 1. The lowest BCUT2D eigenvalue weighted by molar-refractivity contribution is -0.0582. The first-order valence-electron chi connectivity index (χ1n) is 13.7. The van der Waals surface area contributed by atoms with Gasteiger partial charge in [-0.1, -0.05) is 11.3 Å². The Morgan fingerprint density at radius 1 is 1.14 bits per heavy atom. The van der Waals surface area contributed by atoms with E-state index in [4.69, 9.17) is 9.72 Å². The highest BCUT2D eigenvalue weighted by molar-refractivity contribution is 7.13. The number of halogens is 4. The largest absolute Gasteiger partial charge is 0.435 e. The van der Waals surface area contributed by atoms with Crippen LogP contribution in [0.15, 0.2) is 64.2 Å². The SMILES string of the molecule is CCn1cc(C(=N/N=c2/[nH]c(-c3ccc(F)cc3)c(C#N)s2)C(F)(F)F)c2cc(-c3nc(CN4CCOCC4)cs3)ccc21. The maximum Gasteiger partial charge on any atom is 0.435 e. The highest BCUT2D eigenvalue weighted by Gasteiger charge is 2.39.